The van der Waals surface area contributed by atoms with Gasteiger partial charge in [0, 0.05) is 24.2 Å². The maximum atomic E-state index is 13.0. The molecular formula is C22H25NO4. The third-order valence-corrected chi connectivity index (χ3v) is 4.90. The summed E-state index contributed by atoms with van der Waals surface area (Å²) in [7, 11) is 0. The number of para-hydroxylation sites is 1. The van der Waals surface area contributed by atoms with Crippen LogP contribution < -0.4 is 4.74 Å². The minimum absolute atomic E-state index is 0.122. The number of carboxylic acids is 1. The lowest BCUT2D eigenvalue weighted by Gasteiger charge is -2.34. The zero-order valence-corrected chi connectivity index (χ0v) is 15.7. The van der Waals surface area contributed by atoms with E-state index < -0.39 is 11.9 Å². The molecule has 27 heavy (non-hydrogen) atoms. The summed E-state index contributed by atoms with van der Waals surface area (Å²) in [5.74, 6) is -0.505. The van der Waals surface area contributed by atoms with Crippen molar-refractivity contribution in [3.8, 4) is 16.9 Å². The molecule has 1 N–H and O–H groups in total. The van der Waals surface area contributed by atoms with Crippen molar-refractivity contribution in [1.82, 2.24) is 4.90 Å². The zero-order chi connectivity index (χ0) is 19.4. The standard InChI is InChI=1S/C22H25NO4/c1-3-27-20-10-5-4-9-19(20)16-7-6-8-17(12-16)21(24)23-13-15(2)11-18(14-23)22(25)26/h4-10,12,15,18H,3,11,13-14H2,1-2H3,(H,25,26). The largest absolute Gasteiger partial charge is 0.493 e. The first-order chi connectivity index (χ1) is 13.0. The summed E-state index contributed by atoms with van der Waals surface area (Å²) in [4.78, 5) is 26.1. The summed E-state index contributed by atoms with van der Waals surface area (Å²) < 4.78 is 5.70. The molecular weight excluding hydrogens is 342 g/mol. The van der Waals surface area contributed by atoms with Crippen molar-refractivity contribution in [1.29, 1.82) is 0 Å². The number of carbonyl (C=O) groups excluding carboxylic acids is 1. The van der Waals surface area contributed by atoms with E-state index >= 15 is 0 Å². The van der Waals surface area contributed by atoms with Crippen LogP contribution in [0.25, 0.3) is 11.1 Å². The van der Waals surface area contributed by atoms with E-state index in [1.165, 1.54) is 0 Å². The minimum atomic E-state index is -0.834. The van der Waals surface area contributed by atoms with E-state index in [-0.39, 0.29) is 18.4 Å². The molecule has 1 saturated heterocycles. The number of aliphatic carboxylic acids is 1. The number of carbonyl (C=O) groups is 2. The molecule has 0 bridgehead atoms. The lowest BCUT2D eigenvalue weighted by molar-refractivity contribution is -0.143. The summed E-state index contributed by atoms with van der Waals surface area (Å²) in [6.07, 6.45) is 0.612. The van der Waals surface area contributed by atoms with Gasteiger partial charge in [0.05, 0.1) is 12.5 Å². The maximum Gasteiger partial charge on any atom is 0.308 e. The topological polar surface area (TPSA) is 66.8 Å². The predicted molar refractivity (Wildman–Crippen MR) is 104 cm³/mol. The Balaban J connectivity index is 1.87. The lowest BCUT2D eigenvalue weighted by atomic mass is 9.90. The van der Waals surface area contributed by atoms with E-state index in [0.717, 1.165) is 16.9 Å². The molecule has 5 heteroatoms. The predicted octanol–water partition coefficient (Wildman–Crippen LogP) is 3.94. The van der Waals surface area contributed by atoms with Crippen molar-refractivity contribution >= 4 is 11.9 Å². The molecule has 1 aliphatic heterocycles. The monoisotopic (exact) mass is 367 g/mol. The normalized spacial score (nSPS) is 19.6. The van der Waals surface area contributed by atoms with Crippen LogP contribution >= 0.6 is 0 Å². The fraction of sp³-hybridized carbons (Fsp3) is 0.364. The van der Waals surface area contributed by atoms with E-state index in [0.29, 0.717) is 25.1 Å². The van der Waals surface area contributed by atoms with Crippen LogP contribution in [-0.2, 0) is 4.79 Å². The second-order valence-corrected chi connectivity index (χ2v) is 7.10. The van der Waals surface area contributed by atoms with Gasteiger partial charge in [0.2, 0.25) is 0 Å². The SMILES string of the molecule is CCOc1ccccc1-c1cccc(C(=O)N2CC(C)CC(C(=O)O)C2)c1. The number of ether oxygens (including phenoxy) is 1. The quantitative estimate of drug-likeness (QED) is 0.869. The first-order valence-corrected chi connectivity index (χ1v) is 9.34. The van der Waals surface area contributed by atoms with Gasteiger partial charge in [0.1, 0.15) is 5.75 Å². The molecule has 1 aliphatic rings. The molecule has 142 valence electrons. The molecule has 0 aromatic heterocycles. The molecule has 1 fully saturated rings. The number of rotatable bonds is 5. The van der Waals surface area contributed by atoms with Crippen molar-refractivity contribution in [3.05, 3.63) is 54.1 Å². The van der Waals surface area contributed by atoms with Crippen LogP contribution in [0.3, 0.4) is 0 Å². The number of likely N-dealkylation sites (tertiary alicyclic amines) is 1. The highest BCUT2D eigenvalue weighted by Crippen LogP contribution is 2.31. The third-order valence-electron chi connectivity index (χ3n) is 4.90. The minimum Gasteiger partial charge on any atom is -0.493 e. The van der Waals surface area contributed by atoms with Crippen molar-refractivity contribution in [3.63, 3.8) is 0 Å². The number of nitrogens with zero attached hydrogens (tertiary/aromatic N) is 1. The summed E-state index contributed by atoms with van der Waals surface area (Å²) in [6, 6.07) is 15.2. The van der Waals surface area contributed by atoms with Gasteiger partial charge < -0.3 is 14.7 Å². The van der Waals surface area contributed by atoms with Gasteiger partial charge in [-0.3, -0.25) is 9.59 Å². The summed E-state index contributed by atoms with van der Waals surface area (Å²) in [6.45, 7) is 5.34. The van der Waals surface area contributed by atoms with Crippen LogP contribution in [0.15, 0.2) is 48.5 Å². The van der Waals surface area contributed by atoms with Gasteiger partial charge in [-0.1, -0.05) is 37.3 Å². The average molecular weight is 367 g/mol. The number of piperidine rings is 1. The van der Waals surface area contributed by atoms with Crippen LogP contribution in [0.5, 0.6) is 5.75 Å². The maximum absolute atomic E-state index is 13.0. The summed E-state index contributed by atoms with van der Waals surface area (Å²) >= 11 is 0. The van der Waals surface area contributed by atoms with E-state index in [2.05, 4.69) is 0 Å². The van der Waals surface area contributed by atoms with Crippen molar-refractivity contribution in [2.75, 3.05) is 19.7 Å². The second kappa shape index (κ2) is 8.25. The Labute approximate surface area is 159 Å². The molecule has 0 spiro atoms. The Morgan fingerprint density at radius 2 is 1.93 bits per heavy atom. The van der Waals surface area contributed by atoms with Crippen LogP contribution in [0, 0.1) is 11.8 Å². The van der Waals surface area contributed by atoms with Crippen molar-refractivity contribution in [2.45, 2.75) is 20.3 Å². The number of hydrogen-bond donors (Lipinski definition) is 1. The van der Waals surface area contributed by atoms with Gasteiger partial charge in [-0.2, -0.15) is 0 Å². The molecule has 3 rings (SSSR count). The van der Waals surface area contributed by atoms with Crippen molar-refractivity contribution < 1.29 is 19.4 Å². The number of hydrogen-bond acceptors (Lipinski definition) is 3. The van der Waals surface area contributed by atoms with E-state index in [4.69, 9.17) is 4.74 Å². The van der Waals surface area contributed by atoms with Gasteiger partial charge in [0.15, 0.2) is 0 Å². The van der Waals surface area contributed by atoms with Crippen molar-refractivity contribution in [2.24, 2.45) is 11.8 Å². The van der Waals surface area contributed by atoms with E-state index in [9.17, 15) is 14.7 Å². The van der Waals surface area contributed by atoms with Gasteiger partial charge in [-0.05, 0) is 43.0 Å². The van der Waals surface area contributed by atoms with Gasteiger partial charge in [-0.25, -0.2) is 0 Å². The Bertz CT molecular complexity index is 833. The first kappa shape index (κ1) is 19.0. The second-order valence-electron chi connectivity index (χ2n) is 7.10. The van der Waals surface area contributed by atoms with E-state index in [1.54, 1.807) is 11.0 Å². The van der Waals surface area contributed by atoms with Crippen LogP contribution in [0.4, 0.5) is 0 Å². The van der Waals surface area contributed by atoms with Gasteiger partial charge in [0.25, 0.3) is 5.91 Å². The Kier molecular flexibility index (Phi) is 5.79. The smallest absolute Gasteiger partial charge is 0.308 e. The highest BCUT2D eigenvalue weighted by molar-refractivity contribution is 5.96. The molecule has 0 radical (unpaired) electrons. The Morgan fingerprint density at radius 3 is 2.67 bits per heavy atom. The Hall–Kier alpha value is -2.82. The molecule has 1 amide bonds. The lowest BCUT2D eigenvalue weighted by Crippen LogP contribution is -2.45. The van der Waals surface area contributed by atoms with Crippen LogP contribution in [0.1, 0.15) is 30.6 Å². The number of amides is 1. The highest BCUT2D eigenvalue weighted by atomic mass is 16.5. The van der Waals surface area contributed by atoms with E-state index in [1.807, 2.05) is 56.3 Å². The molecule has 0 saturated carbocycles. The highest BCUT2D eigenvalue weighted by Gasteiger charge is 2.32. The third kappa shape index (κ3) is 4.30. The summed E-state index contributed by atoms with van der Waals surface area (Å²) in [5.41, 5.74) is 2.41. The van der Waals surface area contributed by atoms with Crippen LogP contribution in [-0.4, -0.2) is 41.6 Å². The molecule has 0 aliphatic carbocycles. The molecule has 5 nitrogen and oxygen atoms in total. The fourth-order valence-corrected chi connectivity index (χ4v) is 3.69. The number of carboxylic acid groups (broad SMARTS) is 1. The molecule has 2 atom stereocenters. The number of benzene rings is 2. The fourth-order valence-electron chi connectivity index (χ4n) is 3.69. The average Bonchev–Trinajstić information content (AvgIpc) is 2.67. The molecule has 2 aromatic carbocycles. The molecule has 2 aromatic rings. The summed E-state index contributed by atoms with van der Waals surface area (Å²) in [5, 5.41) is 9.35. The van der Waals surface area contributed by atoms with Gasteiger partial charge in [-0.15, -0.1) is 0 Å². The zero-order valence-electron chi connectivity index (χ0n) is 15.7. The molecule has 1 heterocycles. The molecule has 2 unspecified atom stereocenters. The van der Waals surface area contributed by atoms with Crippen LogP contribution in [0.2, 0.25) is 0 Å². The Morgan fingerprint density at radius 1 is 1.15 bits per heavy atom. The van der Waals surface area contributed by atoms with Gasteiger partial charge >= 0.3 is 5.97 Å². The first-order valence-electron chi connectivity index (χ1n) is 9.34.